The summed E-state index contributed by atoms with van der Waals surface area (Å²) in [7, 11) is 1.61. The van der Waals surface area contributed by atoms with E-state index in [1.807, 2.05) is 12.1 Å². The summed E-state index contributed by atoms with van der Waals surface area (Å²) in [5, 5.41) is 0.612. The van der Waals surface area contributed by atoms with Gasteiger partial charge in [0.2, 0.25) is 11.8 Å². The van der Waals surface area contributed by atoms with Crippen molar-refractivity contribution in [2.24, 2.45) is 0 Å². The molecule has 2 aromatic carbocycles. The second-order valence-electron chi connectivity index (χ2n) is 6.62. The number of benzene rings is 2. The minimum Gasteiger partial charge on any atom is -0.452 e. The molecule has 0 unspecified atom stereocenters. The number of anilines is 1. The van der Waals surface area contributed by atoms with Gasteiger partial charge in [-0.15, -0.1) is 0 Å². The van der Waals surface area contributed by atoms with Gasteiger partial charge in [-0.25, -0.2) is 4.79 Å². The first kappa shape index (κ1) is 20.5. The van der Waals surface area contributed by atoms with Gasteiger partial charge in [0.25, 0.3) is 5.91 Å². The highest BCUT2D eigenvalue weighted by atomic mass is 35.5. The largest absolute Gasteiger partial charge is 0.452 e. The Balaban J connectivity index is 1.53. The van der Waals surface area contributed by atoms with Gasteiger partial charge in [-0.2, -0.15) is 0 Å². The number of carbonyl (C=O) groups is 4. The summed E-state index contributed by atoms with van der Waals surface area (Å²) in [6, 6.07) is 13.0. The molecule has 0 radical (unpaired) electrons. The van der Waals surface area contributed by atoms with Crippen LogP contribution in [-0.4, -0.2) is 42.2 Å². The first-order valence-electron chi connectivity index (χ1n) is 8.96. The van der Waals surface area contributed by atoms with Crippen LogP contribution in [0, 0.1) is 0 Å². The van der Waals surface area contributed by atoms with Gasteiger partial charge < -0.3 is 9.64 Å². The molecule has 29 heavy (non-hydrogen) atoms. The molecule has 1 saturated heterocycles. The fourth-order valence-corrected chi connectivity index (χ4v) is 3.01. The summed E-state index contributed by atoms with van der Waals surface area (Å²) in [5.74, 6) is -1.54. The van der Waals surface area contributed by atoms with Crippen LogP contribution < -0.4 is 4.90 Å². The van der Waals surface area contributed by atoms with Gasteiger partial charge in [0.1, 0.15) is 0 Å². The Morgan fingerprint density at radius 1 is 1.00 bits per heavy atom. The predicted molar refractivity (Wildman–Crippen MR) is 106 cm³/mol. The normalized spacial score (nSPS) is 13.5. The van der Waals surface area contributed by atoms with Crippen molar-refractivity contribution < 1.29 is 23.9 Å². The van der Waals surface area contributed by atoms with Gasteiger partial charge in [-0.3, -0.25) is 19.3 Å². The fourth-order valence-electron chi connectivity index (χ4n) is 2.88. The zero-order valence-electron chi connectivity index (χ0n) is 15.8. The molecule has 1 aliphatic rings. The molecular weight excluding hydrogens is 396 g/mol. The lowest BCUT2D eigenvalue weighted by Gasteiger charge is -2.17. The summed E-state index contributed by atoms with van der Waals surface area (Å²) in [6.07, 6.45) is 0.378. The van der Waals surface area contributed by atoms with Crippen LogP contribution in [0.5, 0.6) is 0 Å². The van der Waals surface area contributed by atoms with E-state index in [2.05, 4.69) is 0 Å². The molecule has 150 valence electrons. The number of carbonyl (C=O) groups excluding carboxylic acids is 4. The number of hydrogen-bond acceptors (Lipinski definition) is 5. The van der Waals surface area contributed by atoms with Gasteiger partial charge in [-0.05, 0) is 42.0 Å². The Bertz CT molecular complexity index is 925. The molecule has 0 saturated carbocycles. The molecule has 0 atom stereocenters. The number of halogens is 1. The molecule has 0 N–H and O–H groups in total. The second kappa shape index (κ2) is 8.87. The molecule has 0 bridgehead atoms. The molecule has 0 spiro atoms. The Morgan fingerprint density at radius 3 is 2.17 bits per heavy atom. The van der Waals surface area contributed by atoms with Crippen molar-refractivity contribution in [1.82, 2.24) is 4.90 Å². The van der Waals surface area contributed by atoms with Gasteiger partial charge in [0.05, 0.1) is 11.3 Å². The van der Waals surface area contributed by atoms with Crippen LogP contribution in [0.3, 0.4) is 0 Å². The lowest BCUT2D eigenvalue weighted by atomic mass is 10.2. The average molecular weight is 415 g/mol. The van der Waals surface area contributed by atoms with Crippen molar-refractivity contribution in [3.8, 4) is 0 Å². The molecular formula is C21H19ClN2O5. The van der Waals surface area contributed by atoms with Gasteiger partial charge in [-0.1, -0.05) is 23.7 Å². The lowest BCUT2D eigenvalue weighted by molar-refractivity contribution is -0.133. The number of rotatable bonds is 6. The van der Waals surface area contributed by atoms with E-state index in [-0.39, 0.29) is 36.1 Å². The van der Waals surface area contributed by atoms with E-state index in [0.717, 1.165) is 10.5 Å². The summed E-state index contributed by atoms with van der Waals surface area (Å²) < 4.78 is 5.08. The summed E-state index contributed by atoms with van der Waals surface area (Å²) >= 11 is 5.84. The SMILES string of the molecule is CN(Cc1ccc(Cl)cc1)C(=O)COC(=O)c1ccc(N2C(=O)CCC2=O)cc1. The molecule has 1 fully saturated rings. The van der Waals surface area contributed by atoms with Crippen molar-refractivity contribution in [2.75, 3.05) is 18.6 Å². The van der Waals surface area contributed by atoms with E-state index in [1.54, 1.807) is 19.2 Å². The number of ether oxygens (including phenoxy) is 1. The van der Waals surface area contributed by atoms with E-state index in [9.17, 15) is 19.2 Å². The monoisotopic (exact) mass is 414 g/mol. The fraction of sp³-hybridized carbons (Fsp3) is 0.238. The number of amides is 3. The Kier molecular flexibility index (Phi) is 6.29. The molecule has 3 rings (SSSR count). The molecule has 1 aliphatic heterocycles. The van der Waals surface area contributed by atoms with Crippen molar-refractivity contribution in [3.63, 3.8) is 0 Å². The highest BCUT2D eigenvalue weighted by Crippen LogP contribution is 2.23. The lowest BCUT2D eigenvalue weighted by Crippen LogP contribution is -2.31. The third-order valence-corrected chi connectivity index (χ3v) is 4.75. The van der Waals surface area contributed by atoms with E-state index in [4.69, 9.17) is 16.3 Å². The summed E-state index contributed by atoms with van der Waals surface area (Å²) in [5.41, 5.74) is 1.53. The zero-order valence-corrected chi connectivity index (χ0v) is 16.5. The van der Waals surface area contributed by atoms with Crippen molar-refractivity contribution in [3.05, 3.63) is 64.7 Å². The molecule has 3 amide bonds. The number of esters is 1. The average Bonchev–Trinajstić information content (AvgIpc) is 3.05. The summed E-state index contributed by atoms with van der Waals surface area (Å²) in [4.78, 5) is 50.4. The van der Waals surface area contributed by atoms with Gasteiger partial charge in [0.15, 0.2) is 6.61 Å². The maximum atomic E-state index is 12.2. The highest BCUT2D eigenvalue weighted by Gasteiger charge is 2.30. The first-order valence-corrected chi connectivity index (χ1v) is 9.34. The predicted octanol–water partition coefficient (Wildman–Crippen LogP) is 2.81. The number of imide groups is 1. The van der Waals surface area contributed by atoms with Gasteiger partial charge in [0, 0.05) is 31.5 Å². The molecule has 8 heteroatoms. The van der Waals surface area contributed by atoms with E-state index in [1.165, 1.54) is 29.2 Å². The third kappa shape index (κ3) is 5.00. The zero-order chi connectivity index (χ0) is 21.0. The Hall–Kier alpha value is -3.19. The van der Waals surface area contributed by atoms with E-state index >= 15 is 0 Å². The highest BCUT2D eigenvalue weighted by molar-refractivity contribution is 6.30. The van der Waals surface area contributed by atoms with Crippen LogP contribution >= 0.6 is 11.6 Å². The standard InChI is InChI=1S/C21H19ClN2O5/c1-23(12-14-2-6-16(22)7-3-14)20(27)13-29-21(28)15-4-8-17(9-5-15)24-18(25)10-11-19(24)26/h2-9H,10-13H2,1H3. The van der Waals surface area contributed by atoms with Gasteiger partial charge >= 0.3 is 5.97 Å². The van der Waals surface area contributed by atoms with E-state index in [0.29, 0.717) is 17.3 Å². The summed E-state index contributed by atoms with van der Waals surface area (Å²) in [6.45, 7) is -0.0338. The molecule has 0 aromatic heterocycles. The first-order chi connectivity index (χ1) is 13.8. The number of likely N-dealkylation sites (N-methyl/N-ethyl adjacent to an activating group) is 1. The molecule has 7 nitrogen and oxygen atoms in total. The smallest absolute Gasteiger partial charge is 0.338 e. The third-order valence-electron chi connectivity index (χ3n) is 4.50. The molecule has 1 heterocycles. The minimum atomic E-state index is -0.663. The van der Waals surface area contributed by atoms with Crippen LogP contribution in [-0.2, 0) is 25.7 Å². The Labute approximate surface area is 172 Å². The topological polar surface area (TPSA) is 84.0 Å². The van der Waals surface area contributed by atoms with Crippen molar-refractivity contribution in [1.29, 1.82) is 0 Å². The maximum Gasteiger partial charge on any atom is 0.338 e. The molecule has 0 aliphatic carbocycles. The van der Waals surface area contributed by atoms with Crippen LogP contribution in [0.4, 0.5) is 5.69 Å². The Morgan fingerprint density at radius 2 is 1.59 bits per heavy atom. The maximum absolute atomic E-state index is 12.2. The number of nitrogens with zero attached hydrogens (tertiary/aromatic N) is 2. The van der Waals surface area contributed by atoms with Crippen LogP contribution in [0.1, 0.15) is 28.8 Å². The van der Waals surface area contributed by atoms with Crippen molar-refractivity contribution in [2.45, 2.75) is 19.4 Å². The van der Waals surface area contributed by atoms with Crippen molar-refractivity contribution >= 4 is 41.0 Å². The quantitative estimate of drug-likeness (QED) is 0.536. The van der Waals surface area contributed by atoms with Crippen LogP contribution in [0.15, 0.2) is 48.5 Å². The molecule has 2 aromatic rings. The number of hydrogen-bond donors (Lipinski definition) is 0. The second-order valence-corrected chi connectivity index (χ2v) is 7.06. The van der Waals surface area contributed by atoms with E-state index < -0.39 is 12.6 Å². The van der Waals surface area contributed by atoms with Crippen LogP contribution in [0.2, 0.25) is 5.02 Å². The minimum absolute atomic E-state index is 0.189. The van der Waals surface area contributed by atoms with Crippen LogP contribution in [0.25, 0.3) is 0 Å².